The zero-order valence-corrected chi connectivity index (χ0v) is 17.0. The highest BCUT2D eigenvalue weighted by Gasteiger charge is 2.23. The fourth-order valence-electron chi connectivity index (χ4n) is 3.42. The molecule has 158 valence electrons. The highest BCUT2D eigenvalue weighted by molar-refractivity contribution is 5.94. The van der Waals surface area contributed by atoms with E-state index in [4.69, 9.17) is 9.47 Å². The van der Waals surface area contributed by atoms with Crippen molar-refractivity contribution in [1.82, 2.24) is 10.6 Å². The number of hydrogen-bond donors (Lipinski definition) is 2. The van der Waals surface area contributed by atoms with Crippen molar-refractivity contribution in [3.63, 3.8) is 0 Å². The van der Waals surface area contributed by atoms with Crippen LogP contribution < -0.4 is 20.1 Å². The van der Waals surface area contributed by atoms with Crippen LogP contribution >= 0.6 is 0 Å². The molecule has 3 aromatic carbocycles. The molecule has 0 fully saturated rings. The molecule has 1 heterocycles. The van der Waals surface area contributed by atoms with Gasteiger partial charge in [-0.3, -0.25) is 9.59 Å². The maximum atomic E-state index is 12.7. The second kappa shape index (κ2) is 9.80. The highest BCUT2D eigenvalue weighted by atomic mass is 16.6. The number of nitrogens with one attached hydrogen (secondary N) is 2. The average Bonchev–Trinajstić information content (AvgIpc) is 2.83. The molecule has 0 spiro atoms. The van der Waals surface area contributed by atoms with Gasteiger partial charge in [-0.2, -0.15) is 0 Å². The number of para-hydroxylation sites is 2. The number of amides is 2. The minimum absolute atomic E-state index is 0.118. The Bertz CT molecular complexity index is 1020. The molecule has 1 aliphatic heterocycles. The third kappa shape index (κ3) is 5.42. The molecule has 2 unspecified atom stereocenters. The van der Waals surface area contributed by atoms with Crippen LogP contribution in [0.2, 0.25) is 0 Å². The molecule has 1 aliphatic rings. The van der Waals surface area contributed by atoms with Crippen molar-refractivity contribution in [3.05, 3.63) is 96.1 Å². The Hall–Kier alpha value is -3.80. The number of carbonyl (C=O) groups is 2. The fraction of sp³-hybridized carbons (Fsp3) is 0.200. The molecular weight excluding hydrogens is 392 g/mol. The minimum atomic E-state index is -0.446. The van der Waals surface area contributed by atoms with E-state index in [0.717, 1.165) is 5.56 Å². The molecule has 6 nitrogen and oxygen atoms in total. The summed E-state index contributed by atoms with van der Waals surface area (Å²) in [4.78, 5) is 25.3. The van der Waals surface area contributed by atoms with Gasteiger partial charge in [0.2, 0.25) is 5.91 Å². The first-order chi connectivity index (χ1) is 15.2. The predicted molar refractivity (Wildman–Crippen MR) is 117 cm³/mol. The molecule has 2 atom stereocenters. The van der Waals surface area contributed by atoms with Crippen LogP contribution in [0.1, 0.15) is 28.4 Å². The lowest BCUT2D eigenvalue weighted by Crippen LogP contribution is -2.42. The number of ether oxygens (including phenoxy) is 2. The van der Waals surface area contributed by atoms with Crippen molar-refractivity contribution >= 4 is 11.8 Å². The first kappa shape index (κ1) is 20.5. The first-order valence-corrected chi connectivity index (χ1v) is 10.2. The summed E-state index contributed by atoms with van der Waals surface area (Å²) in [5.74, 6) is 0.982. The maximum Gasteiger partial charge on any atom is 0.251 e. The van der Waals surface area contributed by atoms with Crippen molar-refractivity contribution in [2.24, 2.45) is 0 Å². The molecule has 31 heavy (non-hydrogen) atoms. The lowest BCUT2D eigenvalue weighted by molar-refractivity contribution is -0.122. The summed E-state index contributed by atoms with van der Waals surface area (Å²) in [6.45, 7) is 0.686. The molecule has 0 saturated heterocycles. The zero-order valence-electron chi connectivity index (χ0n) is 17.0. The van der Waals surface area contributed by atoms with E-state index in [1.165, 1.54) is 0 Å². The van der Waals surface area contributed by atoms with E-state index in [2.05, 4.69) is 10.6 Å². The second-order valence-electron chi connectivity index (χ2n) is 7.31. The van der Waals surface area contributed by atoms with E-state index in [-0.39, 0.29) is 24.3 Å². The van der Waals surface area contributed by atoms with Crippen molar-refractivity contribution in [3.8, 4) is 11.5 Å². The Morgan fingerprint density at radius 3 is 2.26 bits per heavy atom. The van der Waals surface area contributed by atoms with Gasteiger partial charge in [-0.15, -0.1) is 0 Å². The highest BCUT2D eigenvalue weighted by Crippen LogP contribution is 2.30. The summed E-state index contributed by atoms with van der Waals surface area (Å²) in [5, 5.41) is 5.88. The van der Waals surface area contributed by atoms with E-state index in [0.29, 0.717) is 30.2 Å². The summed E-state index contributed by atoms with van der Waals surface area (Å²) in [6.07, 6.45) is -0.153. The summed E-state index contributed by atoms with van der Waals surface area (Å²) in [5.41, 5.74) is 1.42. The van der Waals surface area contributed by atoms with Gasteiger partial charge in [-0.1, -0.05) is 60.7 Å². The summed E-state index contributed by atoms with van der Waals surface area (Å²) < 4.78 is 11.6. The molecule has 2 amide bonds. The standard InChI is InChI=1S/C25H24N2O4/c28-24(26-16-20-17-30-22-13-7-8-14-23(22)31-20)15-21(18-9-3-1-4-10-18)27-25(29)19-11-5-2-6-12-19/h1-14,20-21H,15-17H2,(H,26,28)(H,27,29). The van der Waals surface area contributed by atoms with Gasteiger partial charge in [0.25, 0.3) is 5.91 Å². The minimum Gasteiger partial charge on any atom is -0.486 e. The predicted octanol–water partition coefficient (Wildman–Crippen LogP) is 3.50. The number of benzene rings is 3. The summed E-state index contributed by atoms with van der Waals surface area (Å²) in [6, 6.07) is 25.5. The normalized spacial score (nSPS) is 15.5. The monoisotopic (exact) mass is 416 g/mol. The van der Waals surface area contributed by atoms with E-state index >= 15 is 0 Å². The van der Waals surface area contributed by atoms with Crippen molar-refractivity contribution in [2.45, 2.75) is 18.6 Å². The number of rotatable bonds is 7. The molecule has 0 aromatic heterocycles. The molecule has 0 aliphatic carbocycles. The summed E-state index contributed by atoms with van der Waals surface area (Å²) >= 11 is 0. The van der Waals surface area contributed by atoms with Crippen LogP contribution in [0.4, 0.5) is 0 Å². The Morgan fingerprint density at radius 1 is 0.871 bits per heavy atom. The van der Waals surface area contributed by atoms with Gasteiger partial charge in [0.05, 0.1) is 19.0 Å². The Balaban J connectivity index is 1.36. The molecular formula is C25H24N2O4. The first-order valence-electron chi connectivity index (χ1n) is 10.2. The molecule has 6 heteroatoms. The topological polar surface area (TPSA) is 76.7 Å². The maximum absolute atomic E-state index is 12.7. The van der Waals surface area contributed by atoms with Crippen LogP contribution in [0.15, 0.2) is 84.9 Å². The Kier molecular flexibility index (Phi) is 6.47. The van der Waals surface area contributed by atoms with Crippen LogP contribution in [0.5, 0.6) is 11.5 Å². The van der Waals surface area contributed by atoms with Gasteiger partial charge >= 0.3 is 0 Å². The van der Waals surface area contributed by atoms with Gasteiger partial charge < -0.3 is 20.1 Å². The molecule has 0 saturated carbocycles. The largest absolute Gasteiger partial charge is 0.486 e. The van der Waals surface area contributed by atoms with Crippen molar-refractivity contribution < 1.29 is 19.1 Å². The van der Waals surface area contributed by atoms with Gasteiger partial charge in [0.1, 0.15) is 12.7 Å². The number of carbonyl (C=O) groups excluding carboxylic acids is 2. The number of fused-ring (bicyclic) bond motifs is 1. The SMILES string of the molecule is O=C(CC(NC(=O)c1ccccc1)c1ccccc1)NCC1COc2ccccc2O1. The van der Waals surface area contributed by atoms with E-state index in [1.54, 1.807) is 12.1 Å². The van der Waals surface area contributed by atoms with Crippen molar-refractivity contribution in [1.29, 1.82) is 0 Å². The van der Waals surface area contributed by atoms with E-state index in [1.807, 2.05) is 72.8 Å². The van der Waals surface area contributed by atoms with Gasteiger partial charge in [0, 0.05) is 5.56 Å². The van der Waals surface area contributed by atoms with E-state index in [9.17, 15) is 9.59 Å². The van der Waals surface area contributed by atoms with E-state index < -0.39 is 6.04 Å². The molecule has 2 N–H and O–H groups in total. The molecule has 4 rings (SSSR count). The van der Waals surface area contributed by atoms with Crippen LogP contribution in [0, 0.1) is 0 Å². The second-order valence-corrected chi connectivity index (χ2v) is 7.31. The summed E-state index contributed by atoms with van der Waals surface area (Å²) in [7, 11) is 0. The smallest absolute Gasteiger partial charge is 0.251 e. The van der Waals surface area contributed by atoms with Gasteiger partial charge in [0.15, 0.2) is 11.5 Å². The van der Waals surface area contributed by atoms with Crippen LogP contribution in [0.3, 0.4) is 0 Å². The molecule has 0 radical (unpaired) electrons. The third-order valence-corrected chi connectivity index (χ3v) is 5.03. The van der Waals surface area contributed by atoms with Crippen LogP contribution in [-0.2, 0) is 4.79 Å². The molecule has 3 aromatic rings. The van der Waals surface area contributed by atoms with Gasteiger partial charge in [-0.25, -0.2) is 0 Å². The Labute approximate surface area is 181 Å². The van der Waals surface area contributed by atoms with Crippen molar-refractivity contribution in [2.75, 3.05) is 13.2 Å². The lowest BCUT2D eigenvalue weighted by atomic mass is 10.0. The van der Waals surface area contributed by atoms with Crippen LogP contribution in [-0.4, -0.2) is 31.1 Å². The average molecular weight is 416 g/mol. The van der Waals surface area contributed by atoms with Gasteiger partial charge in [-0.05, 0) is 29.8 Å². The zero-order chi connectivity index (χ0) is 21.5. The number of hydrogen-bond acceptors (Lipinski definition) is 4. The lowest BCUT2D eigenvalue weighted by Gasteiger charge is -2.27. The van der Waals surface area contributed by atoms with Crippen LogP contribution in [0.25, 0.3) is 0 Å². The Morgan fingerprint density at radius 2 is 1.52 bits per heavy atom. The third-order valence-electron chi connectivity index (χ3n) is 5.03. The quantitative estimate of drug-likeness (QED) is 0.618. The fourth-order valence-corrected chi connectivity index (χ4v) is 3.42. The molecule has 0 bridgehead atoms.